The van der Waals surface area contributed by atoms with E-state index in [2.05, 4.69) is 50.3 Å². The molecule has 1 N–H and O–H groups in total. The Labute approximate surface area is 338 Å². The van der Waals surface area contributed by atoms with Crippen molar-refractivity contribution in [2.24, 2.45) is 0 Å². The van der Waals surface area contributed by atoms with Gasteiger partial charge in [-0.3, -0.25) is 9.59 Å². The lowest BCUT2D eigenvalue weighted by Gasteiger charge is -2.31. The number of nitrogens with zero attached hydrogens (tertiary/aromatic N) is 1. The van der Waals surface area contributed by atoms with E-state index < -0.39 is 18.1 Å². The van der Waals surface area contributed by atoms with Crippen LogP contribution in [0, 0.1) is 0 Å². The summed E-state index contributed by atoms with van der Waals surface area (Å²) in [6.07, 6.45) is 43.2. The Morgan fingerprint density at radius 2 is 0.964 bits per heavy atom. The van der Waals surface area contributed by atoms with Gasteiger partial charge in [-0.05, 0) is 70.6 Å². The van der Waals surface area contributed by atoms with Crippen molar-refractivity contribution in [3.63, 3.8) is 0 Å². The van der Waals surface area contributed by atoms with Gasteiger partial charge in [0.15, 0.2) is 12.1 Å². The Kier molecular flexibility index (Phi) is 36.7. The van der Waals surface area contributed by atoms with Crippen molar-refractivity contribution in [2.45, 2.75) is 206 Å². The summed E-state index contributed by atoms with van der Waals surface area (Å²) in [6, 6.07) is -0.616. The molecule has 0 amide bonds. The highest BCUT2D eigenvalue weighted by molar-refractivity contribution is 5.72. The molecule has 0 aliphatic rings. The number of esters is 2. The van der Waals surface area contributed by atoms with Crippen LogP contribution in [-0.2, 0) is 28.6 Å². The zero-order valence-corrected chi connectivity index (χ0v) is 36.4. The first-order valence-electron chi connectivity index (χ1n) is 22.5. The molecule has 0 aromatic rings. The van der Waals surface area contributed by atoms with Gasteiger partial charge in [0.1, 0.15) is 6.61 Å². The van der Waals surface area contributed by atoms with E-state index in [1.54, 1.807) is 0 Å². The van der Waals surface area contributed by atoms with Crippen LogP contribution in [0.2, 0.25) is 0 Å². The van der Waals surface area contributed by atoms with Gasteiger partial charge in [-0.1, -0.05) is 140 Å². The molecule has 0 radical (unpaired) electrons. The van der Waals surface area contributed by atoms with Gasteiger partial charge >= 0.3 is 17.9 Å². The smallest absolute Gasteiger partial charge is 0.362 e. The van der Waals surface area contributed by atoms with Crippen LogP contribution in [0.5, 0.6) is 0 Å². The summed E-state index contributed by atoms with van der Waals surface area (Å²) >= 11 is 0. The number of hydrogen-bond acceptors (Lipinski definition) is 6. The summed E-state index contributed by atoms with van der Waals surface area (Å²) in [5.41, 5.74) is 0. The van der Waals surface area contributed by atoms with Crippen LogP contribution < -0.4 is 0 Å². The number of likely N-dealkylation sites (N-methyl/N-ethyl adjacent to an activating group) is 1. The van der Waals surface area contributed by atoms with Gasteiger partial charge < -0.3 is 23.8 Å². The summed E-state index contributed by atoms with van der Waals surface area (Å²) < 4.78 is 17.3. The quantitative estimate of drug-likeness (QED) is 0.0286. The molecule has 0 aromatic heterocycles. The number of carbonyl (C=O) groups excluding carboxylic acids is 2. The Bertz CT molecular complexity index is 1000. The second-order valence-electron chi connectivity index (χ2n) is 16.3. The van der Waals surface area contributed by atoms with Crippen LogP contribution in [0.4, 0.5) is 0 Å². The monoisotopic (exact) mass is 777 g/mol. The molecule has 0 saturated carbocycles. The molecule has 320 valence electrons. The van der Waals surface area contributed by atoms with Crippen LogP contribution in [0.3, 0.4) is 0 Å². The van der Waals surface area contributed by atoms with Gasteiger partial charge in [0.25, 0.3) is 0 Å². The summed E-state index contributed by atoms with van der Waals surface area (Å²) in [4.78, 5) is 37.0. The standard InChI is InChI=1S/C47H85NO7/c1-6-8-10-12-14-16-18-20-22-23-24-26-28-30-32-34-36-38-46(50)55-43(41-53-40-39-44(47(51)52)48(3,4)5)42-54-45(49)37-35-33-31-29-27-25-21-19-17-15-13-11-9-7-2/h14,16,19-22,43-44H,6-13,15,17-18,23-42H2,1-5H3/p+1/b16-14-,21-19-,22-20-. The minimum atomic E-state index is -0.877. The number of aliphatic carboxylic acids is 1. The predicted molar refractivity (Wildman–Crippen MR) is 229 cm³/mol. The minimum Gasteiger partial charge on any atom is -0.477 e. The molecule has 0 rings (SSSR count). The lowest BCUT2D eigenvalue weighted by atomic mass is 10.1. The van der Waals surface area contributed by atoms with E-state index in [9.17, 15) is 19.5 Å². The number of carboxylic acid groups (broad SMARTS) is 1. The van der Waals surface area contributed by atoms with Crippen molar-refractivity contribution in [2.75, 3.05) is 41.0 Å². The summed E-state index contributed by atoms with van der Waals surface area (Å²) in [5.74, 6) is -1.48. The Hall–Kier alpha value is -2.45. The largest absolute Gasteiger partial charge is 0.477 e. The van der Waals surface area contributed by atoms with Gasteiger partial charge in [0.2, 0.25) is 0 Å². The van der Waals surface area contributed by atoms with Crippen LogP contribution in [0.25, 0.3) is 0 Å². The van der Waals surface area contributed by atoms with Crippen molar-refractivity contribution in [3.8, 4) is 0 Å². The molecular weight excluding hydrogens is 691 g/mol. The Morgan fingerprint density at radius 3 is 1.45 bits per heavy atom. The average Bonchev–Trinajstić information content (AvgIpc) is 3.14. The Balaban J connectivity index is 4.36. The van der Waals surface area contributed by atoms with E-state index in [-0.39, 0.29) is 36.2 Å². The van der Waals surface area contributed by atoms with Crippen molar-refractivity contribution in [1.82, 2.24) is 0 Å². The number of rotatable bonds is 40. The van der Waals surface area contributed by atoms with Gasteiger partial charge in [-0.25, -0.2) is 4.79 Å². The topological polar surface area (TPSA) is 99.1 Å². The number of hydrogen-bond donors (Lipinski definition) is 1. The molecule has 0 saturated heterocycles. The molecule has 2 unspecified atom stereocenters. The maximum absolute atomic E-state index is 12.7. The zero-order chi connectivity index (χ0) is 40.7. The third-order valence-corrected chi connectivity index (χ3v) is 10.0. The number of unbranched alkanes of at least 4 members (excludes halogenated alkanes) is 20. The first kappa shape index (κ1) is 52.6. The zero-order valence-electron chi connectivity index (χ0n) is 36.4. The highest BCUT2D eigenvalue weighted by Crippen LogP contribution is 2.14. The normalized spacial score (nSPS) is 13.3. The van der Waals surface area contributed by atoms with E-state index in [1.807, 2.05) is 21.1 Å². The lowest BCUT2D eigenvalue weighted by Crippen LogP contribution is -2.50. The average molecular weight is 777 g/mol. The van der Waals surface area contributed by atoms with Crippen LogP contribution in [0.15, 0.2) is 36.5 Å². The number of quaternary nitrogens is 1. The van der Waals surface area contributed by atoms with Gasteiger partial charge in [-0.2, -0.15) is 0 Å². The van der Waals surface area contributed by atoms with E-state index in [1.165, 1.54) is 96.3 Å². The molecule has 0 fully saturated rings. The highest BCUT2D eigenvalue weighted by atomic mass is 16.6. The minimum absolute atomic E-state index is 0.0563. The molecule has 0 heterocycles. The van der Waals surface area contributed by atoms with Gasteiger partial charge in [-0.15, -0.1) is 0 Å². The second kappa shape index (κ2) is 38.4. The van der Waals surface area contributed by atoms with Gasteiger partial charge in [0.05, 0.1) is 34.4 Å². The highest BCUT2D eigenvalue weighted by Gasteiger charge is 2.31. The molecule has 0 aliphatic carbocycles. The van der Waals surface area contributed by atoms with E-state index in [0.717, 1.165) is 64.2 Å². The fourth-order valence-corrected chi connectivity index (χ4v) is 6.47. The Morgan fingerprint density at radius 1 is 0.545 bits per heavy atom. The lowest BCUT2D eigenvalue weighted by molar-refractivity contribution is -0.887. The SMILES string of the molecule is CCCCC/C=C\C/C=C\CCCCCCCCCC(=O)OC(COCCC(C(=O)O)[N+](C)(C)C)COC(=O)CCCCCCC/C=C\CCCCCCC. The molecule has 0 aromatic carbocycles. The fraction of sp³-hybridized carbons (Fsp3) is 0.809. The van der Waals surface area contributed by atoms with Crippen molar-refractivity contribution in [3.05, 3.63) is 36.5 Å². The number of carboxylic acids is 1. The number of ether oxygens (including phenoxy) is 3. The number of allylic oxidation sites excluding steroid dienone is 6. The molecule has 2 atom stereocenters. The predicted octanol–water partition coefficient (Wildman–Crippen LogP) is 12.2. The maximum atomic E-state index is 12.7. The summed E-state index contributed by atoms with van der Waals surface area (Å²) in [7, 11) is 5.52. The van der Waals surface area contributed by atoms with E-state index in [4.69, 9.17) is 14.2 Å². The van der Waals surface area contributed by atoms with E-state index >= 15 is 0 Å². The second-order valence-corrected chi connectivity index (χ2v) is 16.3. The molecule has 8 heteroatoms. The summed E-state index contributed by atoms with van der Waals surface area (Å²) in [6.45, 7) is 4.69. The fourth-order valence-electron chi connectivity index (χ4n) is 6.47. The first-order chi connectivity index (χ1) is 26.6. The van der Waals surface area contributed by atoms with Crippen molar-refractivity contribution >= 4 is 17.9 Å². The van der Waals surface area contributed by atoms with Crippen molar-refractivity contribution in [1.29, 1.82) is 0 Å². The molecule has 55 heavy (non-hydrogen) atoms. The molecule has 0 aliphatic heterocycles. The molecular formula is C47H86NO7+. The first-order valence-corrected chi connectivity index (χ1v) is 22.5. The summed E-state index contributed by atoms with van der Waals surface area (Å²) in [5, 5.41) is 9.62. The maximum Gasteiger partial charge on any atom is 0.362 e. The third kappa shape index (κ3) is 36.9. The van der Waals surface area contributed by atoms with Crippen molar-refractivity contribution < 1.29 is 38.2 Å². The number of carbonyl (C=O) groups is 3. The molecule has 8 nitrogen and oxygen atoms in total. The van der Waals surface area contributed by atoms with Gasteiger partial charge in [0, 0.05) is 19.3 Å². The van der Waals surface area contributed by atoms with E-state index in [0.29, 0.717) is 19.3 Å². The molecule has 0 spiro atoms. The van der Waals surface area contributed by atoms with Crippen LogP contribution in [0.1, 0.15) is 194 Å². The molecule has 0 bridgehead atoms. The van der Waals surface area contributed by atoms with Crippen LogP contribution >= 0.6 is 0 Å². The third-order valence-electron chi connectivity index (χ3n) is 10.0. The van der Waals surface area contributed by atoms with Crippen LogP contribution in [-0.4, -0.2) is 80.6 Å².